The summed E-state index contributed by atoms with van der Waals surface area (Å²) in [4.78, 5) is 5.15. The molecule has 0 unspecified atom stereocenters. The second-order valence-corrected chi connectivity index (χ2v) is 4.74. The maximum Gasteiger partial charge on any atom is 0.140 e. The average Bonchev–Trinajstić information content (AvgIpc) is 2.41. The molecular formula is C14H12N2S. The molecule has 2 aromatic rings. The molecular weight excluding hydrogens is 228 g/mol. The van der Waals surface area contributed by atoms with Crippen LogP contribution >= 0.6 is 11.8 Å². The van der Waals surface area contributed by atoms with E-state index in [1.807, 2.05) is 18.2 Å². The Balaban J connectivity index is 1.84. The Bertz CT molecular complexity index is 500. The summed E-state index contributed by atoms with van der Waals surface area (Å²) >= 11 is 1.76. The maximum absolute atomic E-state index is 8.63. The topological polar surface area (TPSA) is 36.7 Å². The van der Waals surface area contributed by atoms with Crippen molar-refractivity contribution < 1.29 is 0 Å². The van der Waals surface area contributed by atoms with Crippen LogP contribution in [0.25, 0.3) is 0 Å². The van der Waals surface area contributed by atoms with Gasteiger partial charge in [-0.25, -0.2) is 4.98 Å². The molecule has 1 aromatic carbocycles. The molecule has 0 amide bonds. The third kappa shape index (κ3) is 3.61. The van der Waals surface area contributed by atoms with Gasteiger partial charge in [-0.1, -0.05) is 30.3 Å². The van der Waals surface area contributed by atoms with Crippen molar-refractivity contribution in [2.75, 3.05) is 5.75 Å². The highest BCUT2D eigenvalue weighted by molar-refractivity contribution is 7.99. The quantitative estimate of drug-likeness (QED) is 0.769. The van der Waals surface area contributed by atoms with Crippen LogP contribution in [0.4, 0.5) is 0 Å². The molecule has 0 N–H and O–H groups in total. The highest BCUT2D eigenvalue weighted by Crippen LogP contribution is 2.18. The van der Waals surface area contributed by atoms with Crippen LogP contribution in [0.2, 0.25) is 0 Å². The van der Waals surface area contributed by atoms with E-state index in [0.717, 1.165) is 17.1 Å². The van der Waals surface area contributed by atoms with Gasteiger partial charge in [0.2, 0.25) is 0 Å². The highest BCUT2D eigenvalue weighted by Gasteiger charge is 1.97. The summed E-state index contributed by atoms with van der Waals surface area (Å²) in [7, 11) is 0. The fourth-order valence-electron chi connectivity index (χ4n) is 1.46. The second kappa shape index (κ2) is 6.07. The van der Waals surface area contributed by atoms with Gasteiger partial charge in [0.15, 0.2) is 0 Å². The zero-order chi connectivity index (χ0) is 11.9. The largest absolute Gasteiger partial charge is 0.244 e. The van der Waals surface area contributed by atoms with Gasteiger partial charge in [0.25, 0.3) is 0 Å². The number of hydrogen-bond donors (Lipinski definition) is 0. The molecule has 0 atom stereocenters. The molecule has 0 aliphatic heterocycles. The summed E-state index contributed by atoms with van der Waals surface area (Å²) in [6.07, 6.45) is 2.81. The van der Waals surface area contributed by atoms with E-state index < -0.39 is 0 Å². The number of pyridine rings is 1. The Morgan fingerprint density at radius 3 is 2.59 bits per heavy atom. The number of thioether (sulfide) groups is 1. The van der Waals surface area contributed by atoms with E-state index in [2.05, 4.69) is 29.2 Å². The van der Waals surface area contributed by atoms with Crippen molar-refractivity contribution in [3.63, 3.8) is 0 Å². The Labute approximate surface area is 105 Å². The first-order valence-corrected chi connectivity index (χ1v) is 6.40. The summed E-state index contributed by atoms with van der Waals surface area (Å²) in [6.45, 7) is 0. The van der Waals surface area contributed by atoms with Crippen LogP contribution in [0.3, 0.4) is 0 Å². The van der Waals surface area contributed by atoms with Crippen molar-refractivity contribution in [3.8, 4) is 6.07 Å². The lowest BCUT2D eigenvalue weighted by Gasteiger charge is -2.01. The summed E-state index contributed by atoms with van der Waals surface area (Å²) in [6, 6.07) is 16.1. The molecule has 0 spiro atoms. The third-order valence-electron chi connectivity index (χ3n) is 2.35. The van der Waals surface area contributed by atoms with Gasteiger partial charge >= 0.3 is 0 Å². The zero-order valence-corrected chi connectivity index (χ0v) is 10.2. The van der Waals surface area contributed by atoms with Crippen molar-refractivity contribution in [3.05, 3.63) is 59.9 Å². The standard InChI is InChI=1S/C14H12N2S/c15-10-13-6-7-14(11-16-13)17-9-8-12-4-2-1-3-5-12/h1-7,11H,8-9H2. The van der Waals surface area contributed by atoms with Crippen LogP contribution in [0.5, 0.6) is 0 Å². The van der Waals surface area contributed by atoms with Gasteiger partial charge in [-0.15, -0.1) is 11.8 Å². The van der Waals surface area contributed by atoms with Crippen molar-refractivity contribution in [2.45, 2.75) is 11.3 Å². The van der Waals surface area contributed by atoms with Crippen LogP contribution in [-0.4, -0.2) is 10.7 Å². The van der Waals surface area contributed by atoms with Crippen LogP contribution < -0.4 is 0 Å². The number of nitrogens with zero attached hydrogens (tertiary/aromatic N) is 2. The van der Waals surface area contributed by atoms with Gasteiger partial charge < -0.3 is 0 Å². The molecule has 84 valence electrons. The van der Waals surface area contributed by atoms with E-state index in [-0.39, 0.29) is 0 Å². The van der Waals surface area contributed by atoms with Crippen LogP contribution in [-0.2, 0) is 6.42 Å². The van der Waals surface area contributed by atoms with E-state index in [9.17, 15) is 0 Å². The Hall–Kier alpha value is -1.79. The van der Waals surface area contributed by atoms with E-state index in [0.29, 0.717) is 5.69 Å². The molecule has 0 saturated heterocycles. The van der Waals surface area contributed by atoms with E-state index in [1.165, 1.54) is 5.56 Å². The lowest BCUT2D eigenvalue weighted by molar-refractivity contribution is 1.14. The fraction of sp³-hybridized carbons (Fsp3) is 0.143. The molecule has 2 nitrogen and oxygen atoms in total. The number of rotatable bonds is 4. The number of nitriles is 1. The minimum absolute atomic E-state index is 0.470. The Morgan fingerprint density at radius 1 is 1.12 bits per heavy atom. The summed E-state index contributed by atoms with van der Waals surface area (Å²) in [5, 5.41) is 8.63. The first-order valence-electron chi connectivity index (χ1n) is 5.41. The molecule has 0 aliphatic rings. The number of aryl methyl sites for hydroxylation is 1. The Kier molecular flexibility index (Phi) is 4.17. The minimum atomic E-state index is 0.470. The monoisotopic (exact) mass is 240 g/mol. The number of benzene rings is 1. The number of hydrogen-bond acceptors (Lipinski definition) is 3. The minimum Gasteiger partial charge on any atom is -0.244 e. The van der Waals surface area contributed by atoms with E-state index >= 15 is 0 Å². The van der Waals surface area contributed by atoms with Crippen molar-refractivity contribution in [2.24, 2.45) is 0 Å². The third-order valence-corrected chi connectivity index (χ3v) is 3.34. The molecule has 2 rings (SSSR count). The highest BCUT2D eigenvalue weighted by atomic mass is 32.2. The van der Waals surface area contributed by atoms with Gasteiger partial charge in [0.05, 0.1) is 0 Å². The molecule has 0 saturated carbocycles. The molecule has 0 aliphatic carbocycles. The average molecular weight is 240 g/mol. The molecule has 0 fully saturated rings. The smallest absolute Gasteiger partial charge is 0.140 e. The predicted molar refractivity (Wildman–Crippen MR) is 69.8 cm³/mol. The molecule has 1 aromatic heterocycles. The first-order chi connectivity index (χ1) is 8.38. The lowest BCUT2D eigenvalue weighted by Crippen LogP contribution is -1.88. The van der Waals surface area contributed by atoms with Crippen LogP contribution in [0.15, 0.2) is 53.6 Å². The number of aromatic nitrogens is 1. The van der Waals surface area contributed by atoms with Crippen LogP contribution in [0, 0.1) is 11.3 Å². The fourth-order valence-corrected chi connectivity index (χ4v) is 2.33. The first kappa shape index (κ1) is 11.7. The Morgan fingerprint density at radius 2 is 1.94 bits per heavy atom. The van der Waals surface area contributed by atoms with Crippen molar-refractivity contribution >= 4 is 11.8 Å². The van der Waals surface area contributed by atoms with E-state index in [1.54, 1.807) is 24.0 Å². The maximum atomic E-state index is 8.63. The van der Waals surface area contributed by atoms with Crippen molar-refractivity contribution in [1.82, 2.24) is 4.98 Å². The summed E-state index contributed by atoms with van der Waals surface area (Å²) < 4.78 is 0. The van der Waals surface area contributed by atoms with Crippen molar-refractivity contribution in [1.29, 1.82) is 5.26 Å². The van der Waals surface area contributed by atoms with Gasteiger partial charge in [0.1, 0.15) is 11.8 Å². The summed E-state index contributed by atoms with van der Waals surface area (Å²) in [5.74, 6) is 1.03. The van der Waals surface area contributed by atoms with Gasteiger partial charge in [-0.3, -0.25) is 0 Å². The molecule has 17 heavy (non-hydrogen) atoms. The second-order valence-electron chi connectivity index (χ2n) is 3.58. The SMILES string of the molecule is N#Cc1ccc(SCCc2ccccc2)cn1. The lowest BCUT2D eigenvalue weighted by atomic mass is 10.2. The molecule has 0 bridgehead atoms. The van der Waals surface area contributed by atoms with Gasteiger partial charge in [-0.05, 0) is 24.1 Å². The van der Waals surface area contributed by atoms with Gasteiger partial charge in [0, 0.05) is 16.8 Å². The van der Waals surface area contributed by atoms with Gasteiger partial charge in [-0.2, -0.15) is 5.26 Å². The predicted octanol–water partition coefficient (Wildman–Crippen LogP) is 3.29. The molecule has 1 heterocycles. The normalized spacial score (nSPS) is 9.82. The molecule has 0 radical (unpaired) electrons. The van der Waals surface area contributed by atoms with Crippen LogP contribution in [0.1, 0.15) is 11.3 Å². The molecule has 3 heteroatoms. The summed E-state index contributed by atoms with van der Waals surface area (Å²) in [5.41, 5.74) is 1.82. The zero-order valence-electron chi connectivity index (χ0n) is 9.34. The van der Waals surface area contributed by atoms with E-state index in [4.69, 9.17) is 5.26 Å².